The Bertz CT molecular complexity index is 723. The lowest BCUT2D eigenvalue weighted by atomic mass is 9.62. The third kappa shape index (κ3) is 2.84. The first kappa shape index (κ1) is 16.7. The maximum atomic E-state index is 12.8. The third-order valence-electron chi connectivity index (χ3n) is 4.82. The predicted molar refractivity (Wildman–Crippen MR) is 86.4 cm³/mol. The van der Waals surface area contributed by atoms with Crippen LogP contribution in [0.25, 0.3) is 0 Å². The molecule has 4 atom stereocenters. The molecule has 0 spiro atoms. The summed E-state index contributed by atoms with van der Waals surface area (Å²) in [6.07, 6.45) is 5.36. The highest BCUT2D eigenvalue weighted by molar-refractivity contribution is 7.16. The molecule has 1 heterocycles. The number of carboxylic acids is 1. The smallest absolute Gasteiger partial charge is 0.340 e. The van der Waals surface area contributed by atoms with Gasteiger partial charge in [0.25, 0.3) is 0 Å². The first-order valence-corrected chi connectivity index (χ1v) is 8.62. The van der Waals surface area contributed by atoms with Gasteiger partial charge in [-0.3, -0.25) is 4.79 Å². The van der Waals surface area contributed by atoms with Gasteiger partial charge in [-0.05, 0) is 37.7 Å². The Morgan fingerprint density at radius 1 is 1.21 bits per heavy atom. The summed E-state index contributed by atoms with van der Waals surface area (Å²) in [5.41, 5.74) is 0.287. The van der Waals surface area contributed by atoms with E-state index in [1.807, 2.05) is 19.1 Å². The van der Waals surface area contributed by atoms with E-state index in [0.29, 0.717) is 5.00 Å². The molecule has 24 heavy (non-hydrogen) atoms. The summed E-state index contributed by atoms with van der Waals surface area (Å²) in [7, 11) is 1.28. The number of amides is 1. The molecule has 1 saturated carbocycles. The highest BCUT2D eigenvalue weighted by Gasteiger charge is 2.45. The number of fused-ring (bicyclic) bond motifs is 2. The van der Waals surface area contributed by atoms with Crippen LogP contribution in [-0.4, -0.2) is 25.0 Å². The zero-order chi connectivity index (χ0) is 17.4. The average Bonchev–Trinajstić information content (AvgIpc) is 2.94. The molecule has 3 aliphatic rings. The topological polar surface area (TPSA) is 95.5 Å². The van der Waals surface area contributed by atoms with Crippen LogP contribution in [0.1, 0.15) is 28.1 Å². The van der Waals surface area contributed by atoms with E-state index in [1.165, 1.54) is 18.4 Å². The van der Waals surface area contributed by atoms with E-state index in [1.54, 1.807) is 6.07 Å². The SMILES string of the molecule is COC(=O)c1cc(C)sc1NC(=O)[C@@H]1[C@@H](C(=O)[O-])[C@H]2C=C[C@H]1CC2. The van der Waals surface area contributed by atoms with Crippen LogP contribution < -0.4 is 10.4 Å². The van der Waals surface area contributed by atoms with Crippen molar-refractivity contribution in [2.75, 3.05) is 12.4 Å². The number of allylic oxidation sites excluding steroid dienone is 2. The Morgan fingerprint density at radius 3 is 2.38 bits per heavy atom. The number of carboxylic acid groups (broad SMARTS) is 1. The van der Waals surface area contributed by atoms with Crippen LogP contribution >= 0.6 is 11.3 Å². The van der Waals surface area contributed by atoms with Gasteiger partial charge >= 0.3 is 5.97 Å². The molecule has 0 saturated heterocycles. The maximum Gasteiger partial charge on any atom is 0.340 e. The molecule has 1 aromatic rings. The van der Waals surface area contributed by atoms with E-state index in [2.05, 4.69) is 5.32 Å². The van der Waals surface area contributed by atoms with Crippen molar-refractivity contribution in [3.8, 4) is 0 Å². The largest absolute Gasteiger partial charge is 0.550 e. The number of thiophene rings is 1. The summed E-state index contributed by atoms with van der Waals surface area (Å²) in [5, 5.41) is 14.7. The fourth-order valence-corrected chi connectivity index (χ4v) is 4.64. The van der Waals surface area contributed by atoms with Gasteiger partial charge in [0.1, 0.15) is 5.00 Å². The van der Waals surface area contributed by atoms with Crippen molar-refractivity contribution in [2.45, 2.75) is 19.8 Å². The van der Waals surface area contributed by atoms with Gasteiger partial charge in [-0.25, -0.2) is 4.79 Å². The number of carbonyl (C=O) groups is 3. The minimum absolute atomic E-state index is 0.111. The Balaban J connectivity index is 1.86. The number of ether oxygens (including phenoxy) is 1. The lowest BCUT2D eigenvalue weighted by Crippen LogP contribution is -2.51. The van der Waals surface area contributed by atoms with Crippen LogP contribution in [0.2, 0.25) is 0 Å². The molecule has 0 radical (unpaired) electrons. The second kappa shape index (κ2) is 6.39. The van der Waals surface area contributed by atoms with E-state index >= 15 is 0 Å². The van der Waals surface area contributed by atoms with Crippen molar-refractivity contribution >= 4 is 34.2 Å². The maximum absolute atomic E-state index is 12.8. The van der Waals surface area contributed by atoms with Gasteiger partial charge < -0.3 is 20.0 Å². The van der Waals surface area contributed by atoms with E-state index in [9.17, 15) is 19.5 Å². The molecule has 1 fully saturated rings. The van der Waals surface area contributed by atoms with Gasteiger partial charge in [0, 0.05) is 16.8 Å². The number of hydrogen-bond acceptors (Lipinski definition) is 6. The molecule has 0 aromatic carbocycles. The lowest BCUT2D eigenvalue weighted by molar-refractivity contribution is -0.316. The number of anilines is 1. The molecule has 4 rings (SSSR count). The van der Waals surface area contributed by atoms with Gasteiger partial charge in [-0.15, -0.1) is 11.3 Å². The third-order valence-corrected chi connectivity index (χ3v) is 5.79. The van der Waals surface area contributed by atoms with Crippen LogP contribution in [0.3, 0.4) is 0 Å². The van der Waals surface area contributed by atoms with Gasteiger partial charge in [0.05, 0.1) is 18.6 Å². The number of aryl methyl sites for hydroxylation is 1. The Morgan fingerprint density at radius 2 is 1.83 bits per heavy atom. The number of methoxy groups -OCH3 is 1. The number of hydrogen-bond donors (Lipinski definition) is 1. The Labute approximate surface area is 143 Å². The average molecular weight is 348 g/mol. The zero-order valence-electron chi connectivity index (χ0n) is 13.4. The highest BCUT2D eigenvalue weighted by Crippen LogP contribution is 2.45. The van der Waals surface area contributed by atoms with Crippen LogP contribution in [-0.2, 0) is 14.3 Å². The number of esters is 1. The molecule has 128 valence electrons. The van der Waals surface area contributed by atoms with Crippen LogP contribution in [0.5, 0.6) is 0 Å². The van der Waals surface area contributed by atoms with Crippen LogP contribution in [0, 0.1) is 30.6 Å². The van der Waals surface area contributed by atoms with Crippen molar-refractivity contribution < 1.29 is 24.2 Å². The first-order valence-electron chi connectivity index (χ1n) is 7.81. The molecule has 0 aliphatic heterocycles. The fraction of sp³-hybridized carbons (Fsp3) is 0.471. The molecule has 2 bridgehead atoms. The molecule has 6 nitrogen and oxygen atoms in total. The minimum atomic E-state index is -1.19. The monoisotopic (exact) mass is 348 g/mol. The summed E-state index contributed by atoms with van der Waals surface area (Å²) >= 11 is 1.27. The predicted octanol–water partition coefficient (Wildman–Crippen LogP) is 1.36. The Hall–Kier alpha value is -2.15. The molecular formula is C17H18NO5S-. The fourth-order valence-electron chi connectivity index (χ4n) is 3.74. The van der Waals surface area contributed by atoms with E-state index in [-0.39, 0.29) is 23.3 Å². The minimum Gasteiger partial charge on any atom is -0.550 e. The summed E-state index contributed by atoms with van der Waals surface area (Å²) < 4.78 is 4.73. The second-order valence-electron chi connectivity index (χ2n) is 6.24. The second-order valence-corrected chi connectivity index (χ2v) is 7.50. The number of rotatable bonds is 4. The van der Waals surface area contributed by atoms with Gasteiger partial charge in [-0.1, -0.05) is 12.2 Å². The van der Waals surface area contributed by atoms with Crippen molar-refractivity contribution in [3.05, 3.63) is 28.7 Å². The first-order chi connectivity index (χ1) is 11.4. The number of aliphatic carboxylic acids is 1. The molecule has 3 aliphatic carbocycles. The van der Waals surface area contributed by atoms with E-state index in [0.717, 1.165) is 17.7 Å². The Kier molecular flexibility index (Phi) is 4.45. The van der Waals surface area contributed by atoms with Crippen LogP contribution in [0.15, 0.2) is 18.2 Å². The van der Waals surface area contributed by atoms with Gasteiger partial charge in [0.2, 0.25) is 5.91 Å². The van der Waals surface area contributed by atoms with Gasteiger partial charge in [0.15, 0.2) is 0 Å². The standard InChI is InChI=1S/C17H19NO5S/c1-8-7-11(17(22)23-2)15(24-8)18-14(19)12-9-3-5-10(6-4-9)13(12)16(20)21/h3,5,7,9-10,12-13H,4,6H2,1-2H3,(H,18,19)(H,20,21)/p-1/t9-,10-,12-,13-/m0/s1. The highest BCUT2D eigenvalue weighted by atomic mass is 32.1. The molecule has 1 amide bonds. The van der Waals surface area contributed by atoms with Crippen molar-refractivity contribution in [1.82, 2.24) is 0 Å². The van der Waals surface area contributed by atoms with Crippen molar-refractivity contribution in [1.29, 1.82) is 0 Å². The molecule has 1 N–H and O–H groups in total. The van der Waals surface area contributed by atoms with E-state index < -0.39 is 23.8 Å². The van der Waals surface area contributed by atoms with Crippen LogP contribution in [0.4, 0.5) is 5.00 Å². The molecule has 7 heteroatoms. The summed E-state index contributed by atoms with van der Waals surface area (Å²) in [4.78, 5) is 37.0. The number of carbonyl (C=O) groups excluding carboxylic acids is 3. The zero-order valence-corrected chi connectivity index (χ0v) is 14.2. The summed E-state index contributed by atoms with van der Waals surface area (Å²) in [5.74, 6) is -3.87. The lowest BCUT2D eigenvalue weighted by Gasteiger charge is -2.44. The van der Waals surface area contributed by atoms with Gasteiger partial charge in [-0.2, -0.15) is 0 Å². The molecule has 1 aromatic heterocycles. The molecule has 0 unspecified atom stereocenters. The number of nitrogens with one attached hydrogen (secondary N) is 1. The van der Waals surface area contributed by atoms with Crippen molar-refractivity contribution in [3.63, 3.8) is 0 Å². The quantitative estimate of drug-likeness (QED) is 0.655. The normalized spacial score (nSPS) is 27.8. The van der Waals surface area contributed by atoms with E-state index in [4.69, 9.17) is 4.74 Å². The molecular weight excluding hydrogens is 330 g/mol. The van der Waals surface area contributed by atoms with Crippen molar-refractivity contribution in [2.24, 2.45) is 23.7 Å². The summed E-state index contributed by atoms with van der Waals surface area (Å²) in [6.45, 7) is 1.82. The summed E-state index contributed by atoms with van der Waals surface area (Å²) in [6, 6.07) is 1.65.